The summed E-state index contributed by atoms with van der Waals surface area (Å²) in [5, 5.41) is 12.3. The van der Waals surface area contributed by atoms with Crippen molar-refractivity contribution in [2.45, 2.75) is 72.4 Å². The Morgan fingerprint density at radius 1 is 1.08 bits per heavy atom. The molecule has 0 heterocycles. The lowest BCUT2D eigenvalue weighted by molar-refractivity contribution is -0.149. The van der Waals surface area contributed by atoms with E-state index in [-0.39, 0.29) is 36.4 Å². The average molecular weight is 505 g/mol. The Hall–Kier alpha value is -3.69. The summed E-state index contributed by atoms with van der Waals surface area (Å²) in [6.45, 7) is 10.3. The number of carboxylic acids is 1. The normalized spacial score (nSPS) is 12.5. The van der Waals surface area contributed by atoms with E-state index < -0.39 is 41.5 Å². The molecule has 0 aromatic heterocycles. The third-order valence-corrected chi connectivity index (χ3v) is 4.87. The maximum absolute atomic E-state index is 13.1. The molecule has 1 aromatic rings. The summed E-state index contributed by atoms with van der Waals surface area (Å²) in [5.74, 6) is -3.21. The minimum Gasteiger partial charge on any atom is -0.480 e. The molecule has 1 aromatic carbocycles. The Kier molecular flexibility index (Phi) is 11.3. The second kappa shape index (κ2) is 13.4. The molecule has 198 valence electrons. The first kappa shape index (κ1) is 30.3. The zero-order valence-electron chi connectivity index (χ0n) is 21.9. The number of hydrogen-bond acceptors (Lipinski definition) is 7. The molecule has 0 saturated carbocycles. The molecule has 0 radical (unpaired) electrons. The molecule has 0 bridgehead atoms. The number of urea groups is 1. The van der Waals surface area contributed by atoms with Gasteiger partial charge in [-0.2, -0.15) is 0 Å². The number of benzene rings is 1. The second-order valence-corrected chi connectivity index (χ2v) is 9.67. The van der Waals surface area contributed by atoms with Gasteiger partial charge in [0, 0.05) is 17.7 Å². The smallest absolute Gasteiger partial charge is 0.337 e. The number of methoxy groups -OCH3 is 1. The van der Waals surface area contributed by atoms with Crippen LogP contribution in [0.1, 0.15) is 71.2 Å². The first-order chi connectivity index (χ1) is 16.7. The Labute approximate surface area is 211 Å². The summed E-state index contributed by atoms with van der Waals surface area (Å²) >= 11 is 0. The van der Waals surface area contributed by atoms with Crippen molar-refractivity contribution in [2.75, 3.05) is 12.4 Å². The van der Waals surface area contributed by atoms with Gasteiger partial charge in [-0.1, -0.05) is 19.9 Å². The van der Waals surface area contributed by atoms with Crippen LogP contribution in [0.15, 0.2) is 35.9 Å². The lowest BCUT2D eigenvalue weighted by atomic mass is 10.0. The molecule has 0 fully saturated rings. The van der Waals surface area contributed by atoms with E-state index in [2.05, 4.69) is 10.1 Å². The van der Waals surface area contributed by atoms with Gasteiger partial charge in [0.15, 0.2) is 0 Å². The van der Waals surface area contributed by atoms with Crippen molar-refractivity contribution in [3.05, 3.63) is 41.5 Å². The van der Waals surface area contributed by atoms with Gasteiger partial charge in [-0.25, -0.2) is 24.1 Å². The molecule has 1 atom stereocenters. The van der Waals surface area contributed by atoms with Crippen LogP contribution in [0.3, 0.4) is 0 Å². The number of carbonyl (C=O) groups excluding carboxylic acids is 4. The third kappa shape index (κ3) is 9.89. The lowest BCUT2D eigenvalue weighted by Gasteiger charge is -2.28. The van der Waals surface area contributed by atoms with Crippen molar-refractivity contribution < 1.29 is 38.6 Å². The number of esters is 2. The van der Waals surface area contributed by atoms with Gasteiger partial charge < -0.3 is 19.9 Å². The van der Waals surface area contributed by atoms with Gasteiger partial charge in [-0.15, -0.1) is 0 Å². The average Bonchev–Trinajstić information content (AvgIpc) is 2.77. The number of rotatable bonds is 10. The van der Waals surface area contributed by atoms with Crippen LogP contribution in [-0.4, -0.2) is 58.6 Å². The van der Waals surface area contributed by atoms with Crippen molar-refractivity contribution in [2.24, 2.45) is 5.92 Å². The Morgan fingerprint density at radius 2 is 1.67 bits per heavy atom. The van der Waals surface area contributed by atoms with Crippen molar-refractivity contribution in [1.82, 2.24) is 4.90 Å². The van der Waals surface area contributed by atoms with E-state index in [1.807, 2.05) is 0 Å². The lowest BCUT2D eigenvalue weighted by Crippen LogP contribution is -2.51. The van der Waals surface area contributed by atoms with Gasteiger partial charge in [0.25, 0.3) is 0 Å². The SMILES string of the molecule is COC(=O)c1ccc(NC(=O)N(C(=O)CCC=C(C)C(=O)OC(C)(C)C)[C@@H](CC(C)C)C(=O)O)cc1. The van der Waals surface area contributed by atoms with Gasteiger partial charge >= 0.3 is 23.9 Å². The van der Waals surface area contributed by atoms with E-state index in [1.54, 1.807) is 41.5 Å². The first-order valence-corrected chi connectivity index (χ1v) is 11.6. The molecule has 2 N–H and O–H groups in total. The summed E-state index contributed by atoms with van der Waals surface area (Å²) in [6.07, 6.45) is 1.49. The first-order valence-electron chi connectivity index (χ1n) is 11.6. The fraction of sp³-hybridized carbons (Fsp3) is 0.500. The monoisotopic (exact) mass is 504 g/mol. The second-order valence-electron chi connectivity index (χ2n) is 9.67. The molecule has 10 heteroatoms. The highest BCUT2D eigenvalue weighted by molar-refractivity contribution is 6.04. The Morgan fingerprint density at radius 3 is 2.14 bits per heavy atom. The molecule has 0 aliphatic carbocycles. The summed E-state index contributed by atoms with van der Waals surface area (Å²) in [5.41, 5.74) is 0.160. The largest absolute Gasteiger partial charge is 0.480 e. The molecule has 1 rings (SSSR count). The van der Waals surface area contributed by atoms with Crippen LogP contribution in [0.4, 0.5) is 10.5 Å². The maximum atomic E-state index is 13.1. The number of nitrogens with one attached hydrogen (secondary N) is 1. The van der Waals surface area contributed by atoms with Crippen LogP contribution in [0, 0.1) is 5.92 Å². The fourth-order valence-electron chi connectivity index (χ4n) is 3.16. The van der Waals surface area contributed by atoms with E-state index in [1.165, 1.54) is 37.5 Å². The van der Waals surface area contributed by atoms with E-state index in [9.17, 15) is 29.1 Å². The van der Waals surface area contributed by atoms with Crippen molar-refractivity contribution >= 4 is 35.5 Å². The molecule has 0 saturated heterocycles. The number of carboxylic acid groups (broad SMARTS) is 1. The molecule has 10 nitrogen and oxygen atoms in total. The van der Waals surface area contributed by atoms with E-state index in [0.717, 1.165) is 0 Å². The number of anilines is 1. The molecule has 0 aliphatic heterocycles. The predicted molar refractivity (Wildman–Crippen MR) is 133 cm³/mol. The Balaban J connectivity index is 3.09. The van der Waals surface area contributed by atoms with Crippen LogP contribution in [-0.2, 0) is 23.9 Å². The van der Waals surface area contributed by atoms with E-state index in [0.29, 0.717) is 10.5 Å². The zero-order valence-corrected chi connectivity index (χ0v) is 21.9. The Bertz CT molecular complexity index is 990. The number of amides is 3. The summed E-state index contributed by atoms with van der Waals surface area (Å²) < 4.78 is 9.92. The number of ether oxygens (including phenoxy) is 2. The quantitative estimate of drug-likeness (QED) is 0.353. The molecule has 36 heavy (non-hydrogen) atoms. The molecular weight excluding hydrogens is 468 g/mol. The van der Waals surface area contributed by atoms with Crippen LogP contribution in [0.2, 0.25) is 0 Å². The highest BCUT2D eigenvalue weighted by atomic mass is 16.6. The molecule has 3 amide bonds. The van der Waals surface area contributed by atoms with E-state index >= 15 is 0 Å². The van der Waals surface area contributed by atoms with Crippen molar-refractivity contribution in [3.63, 3.8) is 0 Å². The highest BCUT2D eigenvalue weighted by Crippen LogP contribution is 2.18. The summed E-state index contributed by atoms with van der Waals surface area (Å²) in [4.78, 5) is 62.6. The number of aliphatic carboxylic acids is 1. The van der Waals surface area contributed by atoms with Crippen LogP contribution >= 0.6 is 0 Å². The molecule has 0 spiro atoms. The number of carbonyl (C=O) groups is 5. The zero-order chi connectivity index (χ0) is 27.6. The van der Waals surface area contributed by atoms with Crippen molar-refractivity contribution in [3.8, 4) is 0 Å². The molecule has 0 unspecified atom stereocenters. The number of nitrogens with zero attached hydrogens (tertiary/aromatic N) is 1. The van der Waals surface area contributed by atoms with Gasteiger partial charge in [-0.05, 0) is 70.7 Å². The third-order valence-electron chi connectivity index (χ3n) is 4.87. The minimum atomic E-state index is -1.39. The van der Waals surface area contributed by atoms with Gasteiger partial charge in [-0.3, -0.25) is 4.79 Å². The predicted octanol–water partition coefficient (Wildman–Crippen LogP) is 4.40. The number of allylic oxidation sites excluding steroid dienone is 1. The van der Waals surface area contributed by atoms with Crippen LogP contribution < -0.4 is 5.32 Å². The summed E-state index contributed by atoms with van der Waals surface area (Å²) in [6, 6.07) is 3.45. The number of imide groups is 1. The molecule has 0 aliphatic rings. The van der Waals surface area contributed by atoms with Crippen LogP contribution in [0.5, 0.6) is 0 Å². The van der Waals surface area contributed by atoms with Gasteiger partial charge in [0.1, 0.15) is 11.6 Å². The number of hydrogen-bond donors (Lipinski definition) is 2. The van der Waals surface area contributed by atoms with Crippen LogP contribution in [0.25, 0.3) is 0 Å². The topological polar surface area (TPSA) is 139 Å². The highest BCUT2D eigenvalue weighted by Gasteiger charge is 2.35. The van der Waals surface area contributed by atoms with E-state index in [4.69, 9.17) is 4.74 Å². The fourth-order valence-corrected chi connectivity index (χ4v) is 3.16. The van der Waals surface area contributed by atoms with Gasteiger partial charge in [0.05, 0.1) is 12.7 Å². The van der Waals surface area contributed by atoms with Gasteiger partial charge in [0.2, 0.25) is 5.91 Å². The van der Waals surface area contributed by atoms with Crippen molar-refractivity contribution in [1.29, 1.82) is 0 Å². The maximum Gasteiger partial charge on any atom is 0.337 e. The summed E-state index contributed by atoms with van der Waals surface area (Å²) in [7, 11) is 1.24. The minimum absolute atomic E-state index is 0.0581. The molecular formula is C26H36N2O8. The standard InChI is InChI=1S/C26H36N2O8/c1-16(2)15-20(22(30)31)28(21(29)10-8-9-17(3)23(32)36-26(4,5)6)25(34)27-19-13-11-18(12-14-19)24(33)35-7/h9,11-14,16,20H,8,10,15H2,1-7H3,(H,27,34)(H,30,31)/t20-/m0/s1.